The molecule has 136 valence electrons. The number of nitrogens with two attached hydrogens (primary N) is 1. The van der Waals surface area contributed by atoms with E-state index in [0.717, 1.165) is 5.56 Å². The summed E-state index contributed by atoms with van der Waals surface area (Å²) in [7, 11) is 1.83. The predicted octanol–water partition coefficient (Wildman–Crippen LogP) is 2.44. The number of carboxylic acids is 1. The third-order valence-electron chi connectivity index (χ3n) is 5.32. The third kappa shape index (κ3) is 2.57. The topological polar surface area (TPSA) is 96.5 Å². The van der Waals surface area contributed by atoms with Crippen molar-refractivity contribution in [1.29, 1.82) is 0 Å². The lowest BCUT2D eigenvalue weighted by Gasteiger charge is -2.30. The van der Waals surface area contributed by atoms with Crippen LogP contribution in [-0.2, 0) is 11.2 Å². The highest BCUT2D eigenvalue weighted by Gasteiger charge is 2.56. The maximum atomic E-state index is 13.5. The van der Waals surface area contributed by atoms with E-state index in [1.807, 2.05) is 44.0 Å². The van der Waals surface area contributed by atoms with Gasteiger partial charge in [0, 0.05) is 19.3 Å². The molecule has 0 bridgehead atoms. The first-order chi connectivity index (χ1) is 12.3. The van der Waals surface area contributed by atoms with Gasteiger partial charge in [0.05, 0.1) is 11.6 Å². The van der Waals surface area contributed by atoms with E-state index in [1.54, 1.807) is 24.4 Å². The second kappa shape index (κ2) is 6.53. The van der Waals surface area contributed by atoms with E-state index in [1.165, 1.54) is 0 Å². The molecule has 1 aromatic heterocycles. The van der Waals surface area contributed by atoms with Gasteiger partial charge in [0.25, 0.3) is 0 Å². The first-order valence-electron chi connectivity index (χ1n) is 8.60. The Kier molecular flexibility index (Phi) is 4.54. The van der Waals surface area contributed by atoms with Gasteiger partial charge in [-0.25, -0.2) is 4.98 Å². The van der Waals surface area contributed by atoms with E-state index < -0.39 is 23.2 Å². The van der Waals surface area contributed by atoms with Gasteiger partial charge in [0.2, 0.25) is 0 Å². The molecule has 0 radical (unpaired) electrons. The summed E-state index contributed by atoms with van der Waals surface area (Å²) in [4.78, 5) is 32.0. The van der Waals surface area contributed by atoms with Crippen LogP contribution in [0.15, 0.2) is 42.6 Å². The van der Waals surface area contributed by atoms with Gasteiger partial charge in [0.15, 0.2) is 11.2 Å². The largest absolute Gasteiger partial charge is 0.480 e. The number of carbonyl (C=O) groups excluding carboxylic acids is 1. The SMILES string of the molecule is CC(C)N(C)c1ncccc1C(=O)C1(C(=O)O)Cc2ccccc2C1N. The van der Waals surface area contributed by atoms with Gasteiger partial charge in [-0.05, 0) is 43.5 Å². The molecule has 0 aliphatic heterocycles. The van der Waals surface area contributed by atoms with Crippen molar-refractivity contribution in [2.75, 3.05) is 11.9 Å². The smallest absolute Gasteiger partial charge is 0.319 e. The number of fused-ring (bicyclic) bond motifs is 1. The minimum Gasteiger partial charge on any atom is -0.480 e. The van der Waals surface area contributed by atoms with Crippen LogP contribution in [-0.4, -0.2) is 34.9 Å². The minimum absolute atomic E-state index is 0.0816. The molecule has 2 aromatic rings. The fourth-order valence-electron chi connectivity index (χ4n) is 3.54. The summed E-state index contributed by atoms with van der Waals surface area (Å²) < 4.78 is 0. The molecule has 3 rings (SSSR count). The van der Waals surface area contributed by atoms with Crippen molar-refractivity contribution in [2.24, 2.45) is 11.1 Å². The fraction of sp³-hybridized carbons (Fsp3) is 0.350. The standard InChI is InChI=1S/C20H23N3O3/c1-12(2)23(3)18-15(9-6-10-22-18)17(24)20(19(25)26)11-13-7-4-5-8-14(13)16(20)21/h4-10,12,16H,11,21H2,1-3H3,(H,25,26). The minimum atomic E-state index is -1.72. The van der Waals surface area contributed by atoms with Gasteiger partial charge in [-0.1, -0.05) is 24.3 Å². The molecule has 0 amide bonds. The molecule has 0 spiro atoms. The van der Waals surface area contributed by atoms with Gasteiger partial charge in [-0.15, -0.1) is 0 Å². The van der Waals surface area contributed by atoms with Crippen molar-refractivity contribution >= 4 is 17.6 Å². The first-order valence-corrected chi connectivity index (χ1v) is 8.60. The summed E-state index contributed by atoms with van der Waals surface area (Å²) >= 11 is 0. The van der Waals surface area contributed by atoms with Gasteiger partial charge in [-0.2, -0.15) is 0 Å². The molecule has 1 heterocycles. The van der Waals surface area contributed by atoms with E-state index in [0.29, 0.717) is 11.4 Å². The van der Waals surface area contributed by atoms with E-state index in [-0.39, 0.29) is 18.0 Å². The number of hydrogen-bond acceptors (Lipinski definition) is 5. The van der Waals surface area contributed by atoms with E-state index >= 15 is 0 Å². The van der Waals surface area contributed by atoms with E-state index in [9.17, 15) is 14.7 Å². The second-order valence-corrected chi connectivity index (χ2v) is 7.04. The molecule has 0 saturated heterocycles. The van der Waals surface area contributed by atoms with Crippen LogP contribution in [0.25, 0.3) is 0 Å². The Bertz CT molecular complexity index is 865. The zero-order valence-electron chi connectivity index (χ0n) is 15.1. The lowest BCUT2D eigenvalue weighted by Crippen LogP contribution is -2.46. The third-order valence-corrected chi connectivity index (χ3v) is 5.32. The quantitative estimate of drug-likeness (QED) is 0.633. The molecule has 2 unspecified atom stereocenters. The molecule has 0 saturated carbocycles. The number of nitrogens with zero attached hydrogens (tertiary/aromatic N) is 2. The average Bonchev–Trinajstić information content (AvgIpc) is 2.94. The monoisotopic (exact) mass is 353 g/mol. The molecule has 1 aliphatic carbocycles. The Labute approximate surface area is 152 Å². The summed E-state index contributed by atoms with van der Waals surface area (Å²) in [5, 5.41) is 10.0. The predicted molar refractivity (Wildman–Crippen MR) is 99.2 cm³/mol. The van der Waals surface area contributed by atoms with Crippen molar-refractivity contribution in [1.82, 2.24) is 4.98 Å². The Balaban J connectivity index is 2.13. The molecule has 6 heteroatoms. The van der Waals surface area contributed by atoms with Crippen molar-refractivity contribution in [3.8, 4) is 0 Å². The summed E-state index contributed by atoms with van der Waals surface area (Å²) in [6.45, 7) is 3.96. The number of carbonyl (C=O) groups is 2. The van der Waals surface area contributed by atoms with Gasteiger partial charge in [-0.3, -0.25) is 9.59 Å². The average molecular weight is 353 g/mol. The number of ketones is 1. The summed E-state index contributed by atoms with van der Waals surface area (Å²) in [6.07, 6.45) is 1.68. The number of rotatable bonds is 5. The Morgan fingerprint density at radius 1 is 1.27 bits per heavy atom. The summed E-state index contributed by atoms with van der Waals surface area (Å²) in [5.41, 5.74) is 6.40. The highest BCUT2D eigenvalue weighted by Crippen LogP contribution is 2.47. The van der Waals surface area contributed by atoms with E-state index in [2.05, 4.69) is 4.98 Å². The first kappa shape index (κ1) is 18.1. The normalized spacial score (nSPS) is 21.5. The number of aromatic nitrogens is 1. The Hall–Kier alpha value is -2.73. The molecule has 26 heavy (non-hydrogen) atoms. The van der Waals surface area contributed by atoms with Crippen LogP contribution in [0.2, 0.25) is 0 Å². The second-order valence-electron chi connectivity index (χ2n) is 7.04. The van der Waals surface area contributed by atoms with Crippen LogP contribution in [0.3, 0.4) is 0 Å². The number of hydrogen-bond donors (Lipinski definition) is 2. The maximum Gasteiger partial charge on any atom is 0.319 e. The molecule has 0 fully saturated rings. The Morgan fingerprint density at radius 2 is 1.96 bits per heavy atom. The lowest BCUT2D eigenvalue weighted by molar-refractivity contribution is -0.146. The summed E-state index contributed by atoms with van der Waals surface area (Å²) in [5.74, 6) is -1.23. The van der Waals surface area contributed by atoms with Crippen molar-refractivity contribution in [3.05, 3.63) is 59.3 Å². The van der Waals surface area contributed by atoms with Crippen LogP contribution in [0.4, 0.5) is 5.82 Å². The van der Waals surface area contributed by atoms with E-state index in [4.69, 9.17) is 5.73 Å². The molecular weight excluding hydrogens is 330 g/mol. The molecule has 2 atom stereocenters. The molecule has 1 aliphatic rings. The van der Waals surface area contributed by atoms with Crippen LogP contribution in [0, 0.1) is 5.41 Å². The van der Waals surface area contributed by atoms with Crippen molar-refractivity contribution in [2.45, 2.75) is 32.4 Å². The fourth-order valence-corrected chi connectivity index (χ4v) is 3.54. The van der Waals surface area contributed by atoms with Crippen LogP contribution < -0.4 is 10.6 Å². The van der Waals surface area contributed by atoms with Crippen molar-refractivity contribution < 1.29 is 14.7 Å². The number of aliphatic carboxylic acids is 1. The number of anilines is 1. The van der Waals surface area contributed by atoms with Crippen LogP contribution in [0.1, 0.15) is 41.4 Å². The zero-order valence-corrected chi connectivity index (χ0v) is 15.1. The zero-order chi connectivity index (χ0) is 19.1. The van der Waals surface area contributed by atoms with Gasteiger partial charge in [0.1, 0.15) is 5.82 Å². The van der Waals surface area contributed by atoms with Crippen LogP contribution in [0.5, 0.6) is 0 Å². The van der Waals surface area contributed by atoms with Crippen LogP contribution >= 0.6 is 0 Å². The van der Waals surface area contributed by atoms with Gasteiger partial charge >= 0.3 is 5.97 Å². The van der Waals surface area contributed by atoms with Gasteiger partial charge < -0.3 is 15.7 Å². The number of Topliss-reactive ketones (excluding diaryl/α,β-unsaturated/α-hetero) is 1. The molecule has 1 aromatic carbocycles. The van der Waals surface area contributed by atoms with Crippen molar-refractivity contribution in [3.63, 3.8) is 0 Å². The Morgan fingerprint density at radius 3 is 2.58 bits per heavy atom. The molecule has 3 N–H and O–H groups in total. The molecular formula is C20H23N3O3. The highest BCUT2D eigenvalue weighted by atomic mass is 16.4. The number of benzene rings is 1. The molecule has 6 nitrogen and oxygen atoms in total. The number of carboxylic acid groups (broad SMARTS) is 1. The highest BCUT2D eigenvalue weighted by molar-refractivity contribution is 6.15. The summed E-state index contributed by atoms with van der Waals surface area (Å²) in [6, 6.07) is 9.74. The lowest BCUT2D eigenvalue weighted by atomic mass is 9.74. The number of pyridine rings is 1. The maximum absolute atomic E-state index is 13.5.